The van der Waals surface area contributed by atoms with E-state index in [1.807, 2.05) is 11.3 Å². The minimum atomic E-state index is 0.661. The van der Waals surface area contributed by atoms with Gasteiger partial charge < -0.3 is 5.32 Å². The fourth-order valence-corrected chi connectivity index (χ4v) is 3.73. The molecule has 1 fully saturated rings. The van der Waals surface area contributed by atoms with Crippen LogP contribution in [-0.4, -0.2) is 42.1 Å². The highest BCUT2D eigenvalue weighted by Gasteiger charge is 2.15. The van der Waals surface area contributed by atoms with Crippen molar-refractivity contribution in [2.24, 2.45) is 0 Å². The van der Waals surface area contributed by atoms with Gasteiger partial charge in [-0.1, -0.05) is 6.07 Å². The number of hydrogen-bond acceptors (Lipinski definition) is 4. The third-order valence-electron chi connectivity index (χ3n) is 3.20. The summed E-state index contributed by atoms with van der Waals surface area (Å²) in [7, 11) is 0. The van der Waals surface area contributed by atoms with Gasteiger partial charge in [0.25, 0.3) is 0 Å². The molecule has 0 spiro atoms. The van der Waals surface area contributed by atoms with Crippen LogP contribution in [0.25, 0.3) is 0 Å². The van der Waals surface area contributed by atoms with Crippen LogP contribution in [0.3, 0.4) is 0 Å². The van der Waals surface area contributed by atoms with Crippen LogP contribution in [0, 0.1) is 0 Å². The number of nitrogens with one attached hydrogen (secondary N) is 1. The van der Waals surface area contributed by atoms with E-state index >= 15 is 0 Å². The molecule has 1 saturated heterocycles. The lowest BCUT2D eigenvalue weighted by atomic mass is 10.2. The van der Waals surface area contributed by atoms with E-state index in [0.29, 0.717) is 6.04 Å². The monoisotopic (exact) mass is 270 g/mol. The average Bonchev–Trinajstić information content (AvgIpc) is 2.69. The maximum absolute atomic E-state index is 3.57. The quantitative estimate of drug-likeness (QED) is 0.885. The van der Waals surface area contributed by atoms with Crippen molar-refractivity contribution in [2.45, 2.75) is 25.9 Å². The van der Waals surface area contributed by atoms with E-state index in [1.54, 1.807) is 0 Å². The number of thiophene rings is 1. The van der Waals surface area contributed by atoms with Crippen LogP contribution in [0.15, 0.2) is 17.5 Å². The van der Waals surface area contributed by atoms with Crippen molar-refractivity contribution in [2.75, 3.05) is 31.1 Å². The first-order valence-electron chi connectivity index (χ1n) is 6.41. The molecule has 2 heterocycles. The van der Waals surface area contributed by atoms with Gasteiger partial charge in [0, 0.05) is 36.3 Å². The maximum atomic E-state index is 3.57. The molecule has 1 aliphatic rings. The third kappa shape index (κ3) is 4.62. The van der Waals surface area contributed by atoms with Gasteiger partial charge in [-0.05, 0) is 37.1 Å². The van der Waals surface area contributed by atoms with Crippen molar-refractivity contribution in [3.63, 3.8) is 0 Å². The molecule has 0 bridgehead atoms. The Kier molecular flexibility index (Phi) is 5.85. The fourth-order valence-electron chi connectivity index (χ4n) is 2.15. The summed E-state index contributed by atoms with van der Waals surface area (Å²) in [6, 6.07) is 4.98. The number of thioether (sulfide) groups is 1. The molecule has 0 radical (unpaired) electrons. The van der Waals surface area contributed by atoms with Crippen LogP contribution in [0.2, 0.25) is 0 Å². The van der Waals surface area contributed by atoms with Gasteiger partial charge in [-0.3, -0.25) is 4.90 Å². The zero-order chi connectivity index (χ0) is 11.9. The Morgan fingerprint density at radius 2 is 2.35 bits per heavy atom. The van der Waals surface area contributed by atoms with E-state index in [2.05, 4.69) is 46.4 Å². The standard InChI is InChI=1S/C13H22N2S2/c1-12(15-5-3-7-16-9-6-15)10-14-11-13-4-2-8-17-13/h2,4,8,12,14H,3,5-7,9-11H2,1H3. The first-order valence-corrected chi connectivity index (χ1v) is 8.44. The summed E-state index contributed by atoms with van der Waals surface area (Å²) in [6.07, 6.45) is 1.35. The molecule has 1 aromatic heterocycles. The molecule has 96 valence electrons. The second kappa shape index (κ2) is 7.41. The third-order valence-corrected chi connectivity index (χ3v) is 5.12. The van der Waals surface area contributed by atoms with Crippen LogP contribution in [0.1, 0.15) is 18.2 Å². The zero-order valence-electron chi connectivity index (χ0n) is 10.5. The fraction of sp³-hybridized carbons (Fsp3) is 0.692. The topological polar surface area (TPSA) is 15.3 Å². The maximum Gasteiger partial charge on any atom is 0.0300 e. The summed E-state index contributed by atoms with van der Waals surface area (Å²) >= 11 is 3.93. The van der Waals surface area contributed by atoms with Crippen LogP contribution in [0.5, 0.6) is 0 Å². The molecular formula is C13H22N2S2. The first kappa shape index (κ1) is 13.4. The molecule has 1 unspecified atom stereocenters. The largest absolute Gasteiger partial charge is 0.310 e. The Balaban J connectivity index is 1.67. The summed E-state index contributed by atoms with van der Waals surface area (Å²) in [6.45, 7) is 6.99. The highest BCUT2D eigenvalue weighted by molar-refractivity contribution is 7.99. The summed E-state index contributed by atoms with van der Waals surface area (Å²) in [5.41, 5.74) is 0. The smallest absolute Gasteiger partial charge is 0.0300 e. The molecule has 0 amide bonds. The van der Waals surface area contributed by atoms with Gasteiger partial charge in [0.2, 0.25) is 0 Å². The van der Waals surface area contributed by atoms with Crippen LogP contribution >= 0.6 is 23.1 Å². The van der Waals surface area contributed by atoms with Crippen molar-refractivity contribution < 1.29 is 0 Å². The molecule has 2 nitrogen and oxygen atoms in total. The molecule has 0 aliphatic carbocycles. The molecule has 1 atom stereocenters. The second-order valence-corrected chi connectivity index (χ2v) is 6.82. The van der Waals surface area contributed by atoms with Gasteiger partial charge in [0.15, 0.2) is 0 Å². The molecule has 2 rings (SSSR count). The molecular weight excluding hydrogens is 248 g/mol. The summed E-state index contributed by atoms with van der Waals surface area (Å²) in [5.74, 6) is 2.64. The van der Waals surface area contributed by atoms with Gasteiger partial charge in [0.1, 0.15) is 0 Å². The molecule has 1 N–H and O–H groups in total. The normalized spacial score (nSPS) is 20.1. The Morgan fingerprint density at radius 1 is 1.41 bits per heavy atom. The number of hydrogen-bond donors (Lipinski definition) is 1. The minimum absolute atomic E-state index is 0.661. The molecule has 0 aromatic carbocycles. The highest BCUT2D eigenvalue weighted by atomic mass is 32.2. The van der Waals surface area contributed by atoms with Crippen LogP contribution in [0.4, 0.5) is 0 Å². The predicted molar refractivity (Wildman–Crippen MR) is 79.0 cm³/mol. The van der Waals surface area contributed by atoms with E-state index in [1.165, 1.54) is 35.9 Å². The van der Waals surface area contributed by atoms with Crippen LogP contribution in [-0.2, 0) is 6.54 Å². The predicted octanol–water partition coefficient (Wildman–Crippen LogP) is 2.67. The summed E-state index contributed by atoms with van der Waals surface area (Å²) < 4.78 is 0. The SMILES string of the molecule is CC(CNCc1cccs1)N1CCCSCC1. The van der Waals surface area contributed by atoms with Crippen molar-refractivity contribution in [3.8, 4) is 0 Å². The van der Waals surface area contributed by atoms with Gasteiger partial charge in [-0.15, -0.1) is 11.3 Å². The van der Waals surface area contributed by atoms with E-state index in [9.17, 15) is 0 Å². The van der Waals surface area contributed by atoms with E-state index in [4.69, 9.17) is 0 Å². The lowest BCUT2D eigenvalue weighted by Crippen LogP contribution is -2.41. The van der Waals surface area contributed by atoms with Crippen LogP contribution < -0.4 is 5.32 Å². The Bertz CT molecular complexity index is 292. The molecule has 1 aliphatic heterocycles. The summed E-state index contributed by atoms with van der Waals surface area (Å²) in [5, 5.41) is 5.71. The second-order valence-electron chi connectivity index (χ2n) is 4.56. The Morgan fingerprint density at radius 3 is 3.18 bits per heavy atom. The average molecular weight is 270 g/mol. The molecule has 17 heavy (non-hydrogen) atoms. The Hall–Kier alpha value is -0.0300. The molecule has 4 heteroatoms. The van der Waals surface area contributed by atoms with E-state index in [0.717, 1.165) is 13.1 Å². The first-order chi connectivity index (χ1) is 8.36. The number of nitrogens with zero attached hydrogens (tertiary/aromatic N) is 1. The van der Waals surface area contributed by atoms with Gasteiger partial charge >= 0.3 is 0 Å². The lowest BCUT2D eigenvalue weighted by Gasteiger charge is -2.27. The zero-order valence-corrected chi connectivity index (χ0v) is 12.2. The number of rotatable bonds is 5. The Labute approximate surface area is 113 Å². The van der Waals surface area contributed by atoms with E-state index < -0.39 is 0 Å². The van der Waals surface area contributed by atoms with Gasteiger partial charge in [-0.2, -0.15) is 11.8 Å². The van der Waals surface area contributed by atoms with Gasteiger partial charge in [-0.25, -0.2) is 0 Å². The van der Waals surface area contributed by atoms with Crippen molar-refractivity contribution in [3.05, 3.63) is 22.4 Å². The minimum Gasteiger partial charge on any atom is -0.310 e. The van der Waals surface area contributed by atoms with Crippen molar-refractivity contribution in [1.82, 2.24) is 10.2 Å². The lowest BCUT2D eigenvalue weighted by molar-refractivity contribution is 0.220. The van der Waals surface area contributed by atoms with E-state index in [-0.39, 0.29) is 0 Å². The van der Waals surface area contributed by atoms with Gasteiger partial charge in [0.05, 0.1) is 0 Å². The summed E-state index contributed by atoms with van der Waals surface area (Å²) in [4.78, 5) is 4.06. The molecule has 0 saturated carbocycles. The highest BCUT2D eigenvalue weighted by Crippen LogP contribution is 2.12. The molecule has 1 aromatic rings. The van der Waals surface area contributed by atoms with Crippen molar-refractivity contribution in [1.29, 1.82) is 0 Å². The van der Waals surface area contributed by atoms with Crippen molar-refractivity contribution >= 4 is 23.1 Å².